The van der Waals surface area contributed by atoms with Crippen LogP contribution in [0.1, 0.15) is 37.9 Å². The molecule has 1 amide bonds. The number of amides is 1. The van der Waals surface area contributed by atoms with E-state index >= 15 is 0 Å². The maximum Gasteiger partial charge on any atom is 0.407 e. The van der Waals surface area contributed by atoms with Gasteiger partial charge in [-0.2, -0.15) is 0 Å². The first kappa shape index (κ1) is 15.5. The first-order valence-electron chi connectivity index (χ1n) is 6.66. The molecule has 0 heterocycles. The summed E-state index contributed by atoms with van der Waals surface area (Å²) in [5.74, 6) is 0.634. The van der Waals surface area contributed by atoms with Gasteiger partial charge in [-0.05, 0) is 30.4 Å². The largest absolute Gasteiger partial charge is 0.447 e. The van der Waals surface area contributed by atoms with E-state index in [1.54, 1.807) is 0 Å². The van der Waals surface area contributed by atoms with Gasteiger partial charge < -0.3 is 15.2 Å². The third-order valence-electron chi connectivity index (χ3n) is 2.78. The Morgan fingerprint density at radius 3 is 2.42 bits per heavy atom. The summed E-state index contributed by atoms with van der Waals surface area (Å²) in [6, 6.07) is 8.11. The fraction of sp³-hybridized carbons (Fsp3) is 0.533. The number of carbonyl (C=O) groups excluding carboxylic acids is 1. The second kappa shape index (κ2) is 7.79. The van der Waals surface area contributed by atoms with Crippen molar-refractivity contribution in [3.8, 4) is 0 Å². The van der Waals surface area contributed by atoms with Gasteiger partial charge in [-0.1, -0.05) is 38.1 Å². The molecule has 106 valence electrons. The maximum absolute atomic E-state index is 11.4. The number of alkyl carbamates (subject to hydrolysis) is 1. The maximum atomic E-state index is 11.4. The van der Waals surface area contributed by atoms with Gasteiger partial charge in [0.25, 0.3) is 0 Å². The molecule has 1 atom stereocenters. The van der Waals surface area contributed by atoms with E-state index in [-0.39, 0.29) is 19.3 Å². The average Bonchev–Trinajstić information content (AvgIpc) is 2.36. The van der Waals surface area contributed by atoms with Crippen LogP contribution >= 0.6 is 0 Å². The smallest absolute Gasteiger partial charge is 0.407 e. The van der Waals surface area contributed by atoms with E-state index in [2.05, 4.69) is 31.3 Å². The van der Waals surface area contributed by atoms with Crippen molar-refractivity contribution in [2.75, 3.05) is 13.2 Å². The molecule has 1 aromatic rings. The van der Waals surface area contributed by atoms with Gasteiger partial charge in [0.1, 0.15) is 6.61 Å². The fourth-order valence-corrected chi connectivity index (χ4v) is 1.85. The van der Waals surface area contributed by atoms with E-state index in [1.165, 1.54) is 5.56 Å². The number of hydrogen-bond acceptors (Lipinski definition) is 3. The third kappa shape index (κ3) is 5.75. The number of rotatable bonds is 6. The molecule has 0 fully saturated rings. The summed E-state index contributed by atoms with van der Waals surface area (Å²) < 4.78 is 4.76. The van der Waals surface area contributed by atoms with E-state index < -0.39 is 6.09 Å². The number of nitrogens with one attached hydrogen (secondary N) is 1. The van der Waals surface area contributed by atoms with Crippen LogP contribution in [0.15, 0.2) is 24.3 Å². The van der Waals surface area contributed by atoms with Gasteiger partial charge in [0.15, 0.2) is 0 Å². The minimum Gasteiger partial charge on any atom is -0.447 e. The zero-order valence-corrected chi connectivity index (χ0v) is 11.8. The Morgan fingerprint density at radius 1 is 1.26 bits per heavy atom. The molecule has 1 unspecified atom stereocenters. The Balaban J connectivity index is 2.52. The van der Waals surface area contributed by atoms with E-state index in [1.807, 2.05) is 19.1 Å². The third-order valence-corrected chi connectivity index (χ3v) is 2.78. The molecule has 19 heavy (non-hydrogen) atoms. The zero-order chi connectivity index (χ0) is 14.3. The number of aliphatic hydroxyl groups excluding tert-OH is 1. The highest BCUT2D eigenvalue weighted by molar-refractivity contribution is 5.67. The summed E-state index contributed by atoms with van der Waals surface area (Å²) in [4.78, 5) is 11.4. The standard InChI is InChI=1S/C15H23NO3/c1-11(2)10-13-4-6-14(7-5-13)12(3)16-15(18)19-9-8-17/h4-7,11-12,17H,8-10H2,1-3H3,(H,16,18). The van der Waals surface area contributed by atoms with Gasteiger partial charge in [0.05, 0.1) is 12.6 Å². The minimum absolute atomic E-state index is 0.0197. The van der Waals surface area contributed by atoms with Gasteiger partial charge in [0, 0.05) is 0 Å². The van der Waals surface area contributed by atoms with Crippen molar-refractivity contribution in [2.24, 2.45) is 5.92 Å². The fourth-order valence-electron chi connectivity index (χ4n) is 1.85. The summed E-state index contributed by atoms with van der Waals surface area (Å²) in [7, 11) is 0. The molecule has 0 saturated heterocycles. The van der Waals surface area contributed by atoms with Crippen LogP contribution in [0.4, 0.5) is 4.79 Å². The lowest BCUT2D eigenvalue weighted by molar-refractivity contribution is 0.116. The molecule has 0 saturated carbocycles. The highest BCUT2D eigenvalue weighted by atomic mass is 16.6. The van der Waals surface area contributed by atoms with E-state index in [0.29, 0.717) is 5.92 Å². The first-order valence-corrected chi connectivity index (χ1v) is 6.66. The first-order chi connectivity index (χ1) is 9.02. The van der Waals surface area contributed by atoms with Crippen LogP contribution in [0.2, 0.25) is 0 Å². The second-order valence-electron chi connectivity index (χ2n) is 5.07. The summed E-state index contributed by atoms with van der Waals surface area (Å²) in [5, 5.41) is 11.3. The van der Waals surface area contributed by atoms with E-state index in [4.69, 9.17) is 9.84 Å². The van der Waals surface area contributed by atoms with Crippen LogP contribution in [0.3, 0.4) is 0 Å². The Morgan fingerprint density at radius 2 is 1.89 bits per heavy atom. The molecule has 0 radical (unpaired) electrons. The molecular formula is C15H23NO3. The lowest BCUT2D eigenvalue weighted by Gasteiger charge is -2.15. The van der Waals surface area contributed by atoms with E-state index in [0.717, 1.165) is 12.0 Å². The van der Waals surface area contributed by atoms with Crippen molar-refractivity contribution in [2.45, 2.75) is 33.2 Å². The van der Waals surface area contributed by atoms with Gasteiger partial charge >= 0.3 is 6.09 Å². The lowest BCUT2D eigenvalue weighted by atomic mass is 10.00. The summed E-state index contributed by atoms with van der Waals surface area (Å²) in [5.41, 5.74) is 2.34. The lowest BCUT2D eigenvalue weighted by Crippen LogP contribution is -2.28. The van der Waals surface area contributed by atoms with Crippen molar-refractivity contribution in [1.29, 1.82) is 0 Å². The Kier molecular flexibility index (Phi) is 6.36. The minimum atomic E-state index is -0.507. The Hall–Kier alpha value is -1.55. The summed E-state index contributed by atoms with van der Waals surface area (Å²) in [6.45, 7) is 6.14. The predicted octanol–water partition coefficient (Wildman–Crippen LogP) is 2.66. The normalized spacial score (nSPS) is 12.3. The molecule has 1 aromatic carbocycles. The number of benzene rings is 1. The molecular weight excluding hydrogens is 242 g/mol. The number of carbonyl (C=O) groups is 1. The van der Waals surface area contributed by atoms with Gasteiger partial charge in [-0.15, -0.1) is 0 Å². The molecule has 0 aromatic heterocycles. The SMILES string of the molecule is CC(C)Cc1ccc(C(C)NC(=O)OCCO)cc1. The highest BCUT2D eigenvalue weighted by Gasteiger charge is 2.10. The molecule has 4 heteroatoms. The van der Waals surface area contributed by atoms with Crippen molar-refractivity contribution in [1.82, 2.24) is 5.32 Å². The van der Waals surface area contributed by atoms with Crippen LogP contribution in [0.25, 0.3) is 0 Å². The van der Waals surface area contributed by atoms with Gasteiger partial charge in [-0.25, -0.2) is 4.79 Å². The topological polar surface area (TPSA) is 58.6 Å². The molecule has 1 rings (SSSR count). The van der Waals surface area contributed by atoms with Crippen LogP contribution in [0.5, 0.6) is 0 Å². The zero-order valence-electron chi connectivity index (χ0n) is 11.8. The number of aliphatic hydroxyl groups is 1. The van der Waals surface area contributed by atoms with Crippen molar-refractivity contribution < 1.29 is 14.6 Å². The molecule has 0 aliphatic rings. The molecule has 0 aliphatic heterocycles. The molecule has 0 spiro atoms. The Bertz CT molecular complexity index is 387. The monoisotopic (exact) mass is 265 g/mol. The highest BCUT2D eigenvalue weighted by Crippen LogP contribution is 2.15. The van der Waals surface area contributed by atoms with Crippen molar-refractivity contribution in [3.05, 3.63) is 35.4 Å². The predicted molar refractivity (Wildman–Crippen MR) is 75.0 cm³/mol. The number of ether oxygens (including phenoxy) is 1. The van der Waals surface area contributed by atoms with E-state index in [9.17, 15) is 4.79 Å². The molecule has 0 bridgehead atoms. The second-order valence-corrected chi connectivity index (χ2v) is 5.07. The van der Waals surface area contributed by atoms with Gasteiger partial charge in [-0.3, -0.25) is 0 Å². The summed E-state index contributed by atoms with van der Waals surface area (Å²) in [6.07, 6.45) is 0.550. The Labute approximate surface area is 114 Å². The van der Waals surface area contributed by atoms with Crippen molar-refractivity contribution >= 4 is 6.09 Å². The van der Waals surface area contributed by atoms with Crippen LogP contribution in [-0.4, -0.2) is 24.4 Å². The quantitative estimate of drug-likeness (QED) is 0.831. The van der Waals surface area contributed by atoms with Gasteiger partial charge in [0.2, 0.25) is 0 Å². The van der Waals surface area contributed by atoms with Crippen LogP contribution < -0.4 is 5.32 Å². The summed E-state index contributed by atoms with van der Waals surface area (Å²) >= 11 is 0. The van der Waals surface area contributed by atoms with Crippen molar-refractivity contribution in [3.63, 3.8) is 0 Å². The number of hydrogen-bond donors (Lipinski definition) is 2. The average molecular weight is 265 g/mol. The van der Waals surface area contributed by atoms with Crippen LogP contribution in [0, 0.1) is 5.92 Å². The molecule has 0 aliphatic carbocycles. The van der Waals surface area contributed by atoms with Crippen LogP contribution in [-0.2, 0) is 11.2 Å². The molecule has 2 N–H and O–H groups in total. The molecule has 4 nitrogen and oxygen atoms in total.